The van der Waals surface area contributed by atoms with Gasteiger partial charge in [-0.2, -0.15) is 0 Å². The Morgan fingerprint density at radius 3 is 2.48 bits per heavy atom. The second kappa shape index (κ2) is 8.26. The van der Waals surface area contributed by atoms with Crippen molar-refractivity contribution in [3.8, 4) is 11.3 Å². The average molecular weight is 390 g/mol. The molecule has 0 radical (unpaired) electrons. The van der Waals surface area contributed by atoms with Crippen LogP contribution in [0.4, 0.5) is 4.79 Å². The van der Waals surface area contributed by atoms with E-state index in [-0.39, 0.29) is 12.0 Å². The molecule has 29 heavy (non-hydrogen) atoms. The van der Waals surface area contributed by atoms with Crippen LogP contribution in [-0.2, 0) is 4.74 Å². The highest BCUT2D eigenvalue weighted by atomic mass is 16.5. The van der Waals surface area contributed by atoms with E-state index in [9.17, 15) is 9.59 Å². The van der Waals surface area contributed by atoms with E-state index in [4.69, 9.17) is 9.72 Å². The highest BCUT2D eigenvalue weighted by Gasteiger charge is 2.24. The predicted octanol–water partition coefficient (Wildman–Crippen LogP) is 3.21. The van der Waals surface area contributed by atoms with E-state index in [1.54, 1.807) is 22.2 Å². The van der Waals surface area contributed by atoms with Gasteiger partial charge in [0.1, 0.15) is 0 Å². The van der Waals surface area contributed by atoms with Gasteiger partial charge in [-0.3, -0.25) is 9.78 Å². The van der Waals surface area contributed by atoms with Crippen molar-refractivity contribution in [1.82, 2.24) is 19.8 Å². The molecule has 1 fully saturated rings. The summed E-state index contributed by atoms with van der Waals surface area (Å²) in [6.45, 7) is 2.09. The van der Waals surface area contributed by atoms with Crippen LogP contribution in [0.2, 0.25) is 0 Å². The predicted molar refractivity (Wildman–Crippen MR) is 109 cm³/mol. The first kappa shape index (κ1) is 18.9. The van der Waals surface area contributed by atoms with Crippen molar-refractivity contribution in [3.63, 3.8) is 0 Å². The van der Waals surface area contributed by atoms with Crippen LogP contribution in [0.1, 0.15) is 16.8 Å². The van der Waals surface area contributed by atoms with E-state index in [0.717, 1.165) is 22.2 Å². The van der Waals surface area contributed by atoms with Crippen LogP contribution < -0.4 is 0 Å². The van der Waals surface area contributed by atoms with E-state index in [2.05, 4.69) is 4.98 Å². The van der Waals surface area contributed by atoms with E-state index < -0.39 is 0 Å². The monoisotopic (exact) mass is 390 g/mol. The van der Waals surface area contributed by atoms with Crippen molar-refractivity contribution in [3.05, 3.63) is 60.4 Å². The summed E-state index contributed by atoms with van der Waals surface area (Å²) in [7, 11) is 1.37. The maximum absolute atomic E-state index is 13.4. The number of nitrogens with zero attached hydrogens (tertiary/aromatic N) is 4. The number of aromatic nitrogens is 2. The number of benzene rings is 1. The maximum atomic E-state index is 13.4. The molecule has 7 nitrogen and oxygen atoms in total. The van der Waals surface area contributed by atoms with Crippen molar-refractivity contribution in [1.29, 1.82) is 0 Å². The molecular formula is C22H22N4O3. The van der Waals surface area contributed by atoms with Crippen molar-refractivity contribution < 1.29 is 14.3 Å². The van der Waals surface area contributed by atoms with Crippen molar-refractivity contribution in [2.45, 2.75) is 6.42 Å². The molecule has 4 rings (SSSR count). The molecule has 1 aromatic carbocycles. The Hall–Kier alpha value is -3.48. The number of amides is 2. The summed E-state index contributed by atoms with van der Waals surface area (Å²) in [4.78, 5) is 37.5. The number of pyridine rings is 2. The Labute approximate surface area is 168 Å². The molecular weight excluding hydrogens is 368 g/mol. The van der Waals surface area contributed by atoms with Crippen LogP contribution in [0, 0.1) is 0 Å². The SMILES string of the molecule is COC(=O)N1CCCN(C(=O)c2cc(-c3ccncc3)nc3ccccc23)CC1. The Bertz CT molecular complexity index is 1040. The largest absolute Gasteiger partial charge is 0.453 e. The summed E-state index contributed by atoms with van der Waals surface area (Å²) in [5.41, 5.74) is 3.04. The van der Waals surface area contributed by atoms with Gasteiger partial charge in [0.25, 0.3) is 5.91 Å². The topological polar surface area (TPSA) is 75.6 Å². The highest BCUT2D eigenvalue weighted by Crippen LogP contribution is 2.26. The van der Waals surface area contributed by atoms with Crippen LogP contribution in [0.25, 0.3) is 22.2 Å². The van der Waals surface area contributed by atoms with E-state index in [1.807, 2.05) is 42.5 Å². The minimum atomic E-state index is -0.353. The van der Waals surface area contributed by atoms with E-state index >= 15 is 0 Å². The van der Waals surface area contributed by atoms with Crippen LogP contribution in [0.15, 0.2) is 54.9 Å². The normalized spacial score (nSPS) is 14.5. The molecule has 3 aromatic rings. The third kappa shape index (κ3) is 3.89. The Balaban J connectivity index is 1.69. The number of ether oxygens (including phenoxy) is 1. The first-order chi connectivity index (χ1) is 14.2. The van der Waals surface area contributed by atoms with Crippen LogP contribution in [-0.4, -0.2) is 65.1 Å². The molecule has 0 unspecified atom stereocenters. The lowest BCUT2D eigenvalue weighted by Crippen LogP contribution is -2.37. The summed E-state index contributed by atoms with van der Waals surface area (Å²) < 4.78 is 4.82. The van der Waals surface area contributed by atoms with Gasteiger partial charge < -0.3 is 14.5 Å². The van der Waals surface area contributed by atoms with Gasteiger partial charge in [0.2, 0.25) is 0 Å². The summed E-state index contributed by atoms with van der Waals surface area (Å²) >= 11 is 0. The summed E-state index contributed by atoms with van der Waals surface area (Å²) in [5, 5.41) is 0.823. The number of carbonyl (C=O) groups excluding carboxylic acids is 2. The van der Waals surface area contributed by atoms with Crippen molar-refractivity contribution in [2.24, 2.45) is 0 Å². The Morgan fingerprint density at radius 1 is 0.966 bits per heavy atom. The van der Waals surface area contributed by atoms with Gasteiger partial charge in [-0.15, -0.1) is 0 Å². The molecule has 2 aromatic heterocycles. The smallest absolute Gasteiger partial charge is 0.409 e. The minimum absolute atomic E-state index is 0.0504. The fourth-order valence-corrected chi connectivity index (χ4v) is 3.63. The fourth-order valence-electron chi connectivity index (χ4n) is 3.63. The van der Waals surface area contributed by atoms with Crippen molar-refractivity contribution >= 4 is 22.9 Å². The van der Waals surface area contributed by atoms with Gasteiger partial charge in [0, 0.05) is 49.5 Å². The fraction of sp³-hybridized carbons (Fsp3) is 0.273. The highest BCUT2D eigenvalue weighted by molar-refractivity contribution is 6.07. The molecule has 7 heteroatoms. The summed E-state index contributed by atoms with van der Waals surface area (Å²) in [5.74, 6) is -0.0504. The van der Waals surface area contributed by atoms with Crippen LogP contribution in [0.3, 0.4) is 0 Å². The molecule has 0 spiro atoms. The summed E-state index contributed by atoms with van der Waals surface area (Å²) in [6.07, 6.45) is 3.78. The zero-order chi connectivity index (χ0) is 20.2. The number of methoxy groups -OCH3 is 1. The Morgan fingerprint density at radius 2 is 1.69 bits per heavy atom. The van der Waals surface area contributed by atoms with Gasteiger partial charge in [0.05, 0.1) is 23.9 Å². The quantitative estimate of drug-likeness (QED) is 0.672. The third-order valence-corrected chi connectivity index (χ3v) is 5.14. The lowest BCUT2D eigenvalue weighted by atomic mass is 10.0. The zero-order valence-electron chi connectivity index (χ0n) is 16.2. The number of fused-ring (bicyclic) bond motifs is 1. The molecule has 0 aliphatic carbocycles. The first-order valence-electron chi connectivity index (χ1n) is 9.60. The number of hydrogen-bond donors (Lipinski definition) is 0. The average Bonchev–Trinajstić information content (AvgIpc) is 3.04. The second-order valence-electron chi connectivity index (χ2n) is 6.91. The zero-order valence-corrected chi connectivity index (χ0v) is 16.2. The molecule has 0 N–H and O–H groups in total. The standard InChI is InChI=1S/C22H22N4O3/c1-29-22(28)26-12-4-11-25(13-14-26)21(27)18-15-20(16-7-9-23-10-8-16)24-19-6-3-2-5-17(18)19/h2-3,5-10,15H,4,11-14H2,1H3. The summed E-state index contributed by atoms with van der Waals surface area (Å²) in [6, 6.07) is 13.3. The lowest BCUT2D eigenvalue weighted by Gasteiger charge is -2.22. The molecule has 0 atom stereocenters. The van der Waals surface area contributed by atoms with Crippen LogP contribution >= 0.6 is 0 Å². The molecule has 1 saturated heterocycles. The number of carbonyl (C=O) groups is 2. The first-order valence-corrected chi connectivity index (χ1v) is 9.60. The molecule has 148 valence electrons. The second-order valence-corrected chi connectivity index (χ2v) is 6.91. The third-order valence-electron chi connectivity index (χ3n) is 5.14. The van der Waals surface area contributed by atoms with E-state index in [0.29, 0.717) is 38.2 Å². The minimum Gasteiger partial charge on any atom is -0.453 e. The lowest BCUT2D eigenvalue weighted by molar-refractivity contribution is 0.0759. The Kier molecular flexibility index (Phi) is 5.37. The number of rotatable bonds is 2. The van der Waals surface area contributed by atoms with Gasteiger partial charge in [-0.25, -0.2) is 9.78 Å². The molecule has 3 heterocycles. The molecule has 1 aliphatic heterocycles. The van der Waals surface area contributed by atoms with Crippen LogP contribution in [0.5, 0.6) is 0 Å². The molecule has 2 amide bonds. The van der Waals surface area contributed by atoms with Gasteiger partial charge in [-0.05, 0) is 30.7 Å². The maximum Gasteiger partial charge on any atom is 0.409 e. The number of hydrogen-bond acceptors (Lipinski definition) is 5. The number of para-hydroxylation sites is 1. The van der Waals surface area contributed by atoms with Crippen molar-refractivity contribution in [2.75, 3.05) is 33.3 Å². The molecule has 0 saturated carbocycles. The molecule has 0 bridgehead atoms. The van der Waals surface area contributed by atoms with Gasteiger partial charge in [-0.1, -0.05) is 18.2 Å². The molecule has 1 aliphatic rings. The van der Waals surface area contributed by atoms with E-state index in [1.165, 1.54) is 7.11 Å². The van der Waals surface area contributed by atoms with Gasteiger partial charge >= 0.3 is 6.09 Å². The van der Waals surface area contributed by atoms with Gasteiger partial charge in [0.15, 0.2) is 0 Å².